The second-order valence-corrected chi connectivity index (χ2v) is 2.28. The molecule has 0 aromatic heterocycles. The van der Waals surface area contributed by atoms with Crippen LogP contribution in [0.4, 0.5) is 0 Å². The largest absolute Gasteiger partial charge is 1.00 e. The molecule has 2 heteroatoms. The molecule has 0 atom stereocenters. The van der Waals surface area contributed by atoms with Crippen molar-refractivity contribution in [2.75, 3.05) is 0 Å². The van der Waals surface area contributed by atoms with Gasteiger partial charge in [-0.25, -0.2) is 0 Å². The molecule has 0 amide bonds. The van der Waals surface area contributed by atoms with Gasteiger partial charge in [0.2, 0.25) is 0 Å². The Labute approximate surface area is 116 Å². The normalized spacial score (nSPS) is 8.20. The first-order valence-electron chi connectivity index (χ1n) is 2.88. The van der Waals surface area contributed by atoms with Gasteiger partial charge in [-0.1, -0.05) is 30.7 Å². The second kappa shape index (κ2) is 5.79. The average Bonchev–Trinajstić information content (AvgIpc) is 1.90. The number of benzene rings is 1. The third-order valence-electron chi connectivity index (χ3n) is 1.20. The summed E-state index contributed by atoms with van der Waals surface area (Å²) in [6.45, 7) is 2.00. The molecule has 1 rings (SSSR count). The van der Waals surface area contributed by atoms with Gasteiger partial charge in [-0.15, -0.1) is 0 Å². The summed E-state index contributed by atoms with van der Waals surface area (Å²) < 4.78 is 0. The molecule has 0 fully saturated rings. The van der Waals surface area contributed by atoms with Gasteiger partial charge in [0.05, 0.1) is 0 Å². The number of hydrogen-bond donors (Lipinski definition) is 0. The van der Waals surface area contributed by atoms with Gasteiger partial charge >= 0.3 is 58.2 Å². The molecule has 0 spiro atoms. The van der Waals surface area contributed by atoms with Gasteiger partial charge in [-0.3, -0.25) is 0 Å². The zero-order valence-electron chi connectivity index (χ0n) is 6.26. The molecule has 0 bridgehead atoms. The Morgan fingerprint density at radius 2 is 1.70 bits per heavy atom. The first-order valence-corrected chi connectivity index (χ1v) is 3.25. The predicted molar refractivity (Wildman–Crippen MR) is 40.5 cm³/mol. The molecule has 0 nitrogen and oxygen atoms in total. The molecule has 0 aliphatic heterocycles. The summed E-state index contributed by atoms with van der Waals surface area (Å²) in [4.78, 5) is 0. The van der Waals surface area contributed by atoms with Crippen molar-refractivity contribution >= 4 is 11.6 Å². The molecule has 48 valence electrons. The van der Waals surface area contributed by atoms with Crippen molar-refractivity contribution in [2.45, 2.75) is 6.92 Å². The monoisotopic (exact) mass is 224 g/mol. The van der Waals surface area contributed by atoms with Crippen LogP contribution < -0.4 is 58.2 Å². The van der Waals surface area contributed by atoms with E-state index in [2.05, 4.69) is 0 Å². The summed E-state index contributed by atoms with van der Waals surface area (Å²) in [5.41, 5.74) is 1.21. The first kappa shape index (κ1) is 11.2. The van der Waals surface area contributed by atoms with Crippen molar-refractivity contribution in [3.05, 3.63) is 41.3 Å². The summed E-state index contributed by atoms with van der Waals surface area (Å²) in [5.74, 6) is 0. The van der Waals surface area contributed by atoms with E-state index in [1.54, 1.807) is 0 Å². The van der Waals surface area contributed by atoms with E-state index in [9.17, 15) is 0 Å². The Bertz CT molecular complexity index is 181. The van der Waals surface area contributed by atoms with Gasteiger partial charge in [0, 0.05) is 5.02 Å². The van der Waals surface area contributed by atoms with Gasteiger partial charge in [-0.05, 0) is 0 Å². The van der Waals surface area contributed by atoms with E-state index in [4.69, 9.17) is 11.6 Å². The van der Waals surface area contributed by atoms with E-state index in [0.29, 0.717) is 0 Å². The molecule has 0 aliphatic carbocycles. The molecule has 0 aliphatic rings. The minimum atomic E-state index is 0. The smallest absolute Gasteiger partial charge is 0.192 e. The van der Waals surface area contributed by atoms with E-state index in [1.165, 1.54) is 5.56 Å². The Morgan fingerprint density at radius 3 is 2.10 bits per heavy atom. The standard InChI is InChI=1S/C8H8Cl.Rb/c1-2-7-3-5-8(9)6-4-7;/h2-6H,1H3;/q-1;+1. The van der Waals surface area contributed by atoms with Crippen molar-refractivity contribution in [3.63, 3.8) is 0 Å². The van der Waals surface area contributed by atoms with E-state index in [0.717, 1.165) is 5.02 Å². The van der Waals surface area contributed by atoms with Gasteiger partial charge < -0.3 is 0 Å². The van der Waals surface area contributed by atoms with Gasteiger partial charge in [0.15, 0.2) is 0 Å². The Morgan fingerprint density at radius 1 is 1.20 bits per heavy atom. The van der Waals surface area contributed by atoms with Gasteiger partial charge in [0.25, 0.3) is 0 Å². The molecule has 0 heterocycles. The molecule has 0 saturated carbocycles. The molecular formula is C8H8ClRb. The summed E-state index contributed by atoms with van der Waals surface area (Å²) in [6.07, 6.45) is 2.04. The molecule has 10 heavy (non-hydrogen) atoms. The van der Waals surface area contributed by atoms with Crippen LogP contribution in [0.3, 0.4) is 0 Å². The van der Waals surface area contributed by atoms with Crippen LogP contribution in [0.1, 0.15) is 12.5 Å². The maximum Gasteiger partial charge on any atom is 1.00 e. The van der Waals surface area contributed by atoms with E-state index in [1.807, 2.05) is 37.6 Å². The van der Waals surface area contributed by atoms with E-state index < -0.39 is 0 Å². The zero-order valence-corrected chi connectivity index (χ0v) is 11.9. The maximum absolute atomic E-state index is 5.65. The maximum atomic E-state index is 5.65. The van der Waals surface area contributed by atoms with Crippen molar-refractivity contribution in [1.82, 2.24) is 0 Å². The fourth-order valence-corrected chi connectivity index (χ4v) is 0.781. The van der Waals surface area contributed by atoms with Crippen LogP contribution in [0.5, 0.6) is 0 Å². The molecule has 1 aromatic carbocycles. The minimum absolute atomic E-state index is 0. The summed E-state index contributed by atoms with van der Waals surface area (Å²) in [7, 11) is 0. The second-order valence-electron chi connectivity index (χ2n) is 1.84. The third kappa shape index (κ3) is 3.54. The third-order valence-corrected chi connectivity index (χ3v) is 1.46. The number of halogens is 1. The van der Waals surface area contributed by atoms with Crippen LogP contribution in [0.25, 0.3) is 0 Å². The van der Waals surface area contributed by atoms with Crippen LogP contribution in [0, 0.1) is 6.42 Å². The van der Waals surface area contributed by atoms with Crippen molar-refractivity contribution in [3.8, 4) is 0 Å². The van der Waals surface area contributed by atoms with Crippen LogP contribution in [0.2, 0.25) is 5.02 Å². The fourth-order valence-electron chi connectivity index (χ4n) is 0.655. The van der Waals surface area contributed by atoms with E-state index in [-0.39, 0.29) is 58.2 Å². The van der Waals surface area contributed by atoms with Crippen molar-refractivity contribution in [1.29, 1.82) is 0 Å². The minimum Gasteiger partial charge on any atom is -0.192 e. The SMILES string of the molecule is C[CH-]c1ccc(Cl)cc1.[Rb+]. The molecule has 0 unspecified atom stereocenters. The fraction of sp³-hybridized carbons (Fsp3) is 0.125. The zero-order chi connectivity index (χ0) is 6.69. The Balaban J connectivity index is 0.000000810. The molecule has 0 saturated heterocycles. The summed E-state index contributed by atoms with van der Waals surface area (Å²) in [5, 5.41) is 0.792. The van der Waals surface area contributed by atoms with Gasteiger partial charge in [-0.2, -0.15) is 24.1 Å². The van der Waals surface area contributed by atoms with Crippen LogP contribution in [0.15, 0.2) is 24.3 Å². The molecule has 1 aromatic rings. The summed E-state index contributed by atoms with van der Waals surface area (Å²) in [6, 6.07) is 7.75. The Kier molecular flexibility index (Phi) is 6.47. The number of rotatable bonds is 1. The van der Waals surface area contributed by atoms with E-state index >= 15 is 0 Å². The first-order chi connectivity index (χ1) is 4.33. The molecular weight excluding hydrogens is 217 g/mol. The predicted octanol–water partition coefficient (Wildman–Crippen LogP) is -0.0837. The quantitative estimate of drug-likeness (QED) is 0.586. The topological polar surface area (TPSA) is 0 Å². The van der Waals surface area contributed by atoms with Crippen LogP contribution in [-0.4, -0.2) is 0 Å². The van der Waals surface area contributed by atoms with Crippen LogP contribution in [-0.2, 0) is 0 Å². The van der Waals surface area contributed by atoms with Crippen LogP contribution >= 0.6 is 11.6 Å². The molecule has 0 radical (unpaired) electrons. The summed E-state index contributed by atoms with van der Waals surface area (Å²) >= 11 is 5.65. The Hall–Kier alpha value is 1.19. The van der Waals surface area contributed by atoms with Gasteiger partial charge in [0.1, 0.15) is 0 Å². The van der Waals surface area contributed by atoms with Crippen molar-refractivity contribution in [2.24, 2.45) is 0 Å². The number of hydrogen-bond acceptors (Lipinski definition) is 0. The average molecular weight is 225 g/mol. The molecule has 0 N–H and O–H groups in total. The van der Waals surface area contributed by atoms with Crippen molar-refractivity contribution < 1.29 is 58.2 Å².